The monoisotopic (exact) mass is 564 g/mol. The van der Waals surface area contributed by atoms with Crippen LogP contribution in [0.15, 0.2) is 54.7 Å². The summed E-state index contributed by atoms with van der Waals surface area (Å²) in [6.07, 6.45) is -3.25. The number of hydrogen-bond acceptors (Lipinski definition) is 6. The molecule has 2 heterocycles. The maximum absolute atomic E-state index is 12.8. The zero-order valence-electron chi connectivity index (χ0n) is 21.6. The van der Waals surface area contributed by atoms with Gasteiger partial charge in [0.25, 0.3) is 5.91 Å². The van der Waals surface area contributed by atoms with Crippen molar-refractivity contribution in [3.05, 3.63) is 70.9 Å². The van der Waals surface area contributed by atoms with Crippen LogP contribution in [0.5, 0.6) is 28.9 Å². The van der Waals surface area contributed by atoms with E-state index < -0.39 is 17.8 Å². The highest BCUT2D eigenvalue weighted by Gasteiger charge is 2.33. The van der Waals surface area contributed by atoms with Gasteiger partial charge in [-0.25, -0.2) is 4.98 Å². The van der Waals surface area contributed by atoms with Gasteiger partial charge in [0.15, 0.2) is 17.6 Å². The third-order valence-corrected chi connectivity index (χ3v) is 6.06. The number of nitrogens with zero attached hydrogens (tertiary/aromatic N) is 1. The summed E-state index contributed by atoms with van der Waals surface area (Å²) < 4.78 is 61.3. The fourth-order valence-corrected chi connectivity index (χ4v) is 4.13. The highest BCUT2D eigenvalue weighted by Crippen LogP contribution is 2.41. The molecule has 1 unspecified atom stereocenters. The predicted molar refractivity (Wildman–Crippen MR) is 139 cm³/mol. The minimum absolute atomic E-state index is 0.164. The van der Waals surface area contributed by atoms with Gasteiger partial charge in [0.05, 0.1) is 12.2 Å². The lowest BCUT2D eigenvalue weighted by molar-refractivity contribution is -0.137. The molecule has 7 nitrogen and oxygen atoms in total. The Kier molecular flexibility index (Phi) is 8.44. The van der Waals surface area contributed by atoms with Crippen LogP contribution < -0.4 is 24.3 Å². The van der Waals surface area contributed by atoms with Gasteiger partial charge in [-0.2, -0.15) is 13.2 Å². The van der Waals surface area contributed by atoms with Gasteiger partial charge in [-0.3, -0.25) is 4.79 Å². The Morgan fingerprint density at radius 3 is 2.59 bits per heavy atom. The molecule has 1 aromatic heterocycles. The number of carbonyl (C=O) groups is 1. The first-order valence-corrected chi connectivity index (χ1v) is 12.7. The van der Waals surface area contributed by atoms with Crippen LogP contribution in [0.1, 0.15) is 38.3 Å². The van der Waals surface area contributed by atoms with Gasteiger partial charge in [0, 0.05) is 24.7 Å². The van der Waals surface area contributed by atoms with Crippen LogP contribution >= 0.6 is 11.6 Å². The van der Waals surface area contributed by atoms with Gasteiger partial charge >= 0.3 is 6.18 Å². The summed E-state index contributed by atoms with van der Waals surface area (Å²) in [4.78, 5) is 16.1. The van der Waals surface area contributed by atoms with Gasteiger partial charge < -0.3 is 24.3 Å². The number of hydrogen-bond donors (Lipinski definition) is 1. The summed E-state index contributed by atoms with van der Waals surface area (Å²) >= 11 is 5.88. The lowest BCUT2D eigenvalue weighted by Crippen LogP contribution is -2.37. The molecule has 208 valence electrons. The smallest absolute Gasteiger partial charge is 0.417 e. The largest absolute Gasteiger partial charge is 0.490 e. The number of benzene rings is 2. The van der Waals surface area contributed by atoms with E-state index in [4.69, 9.17) is 30.5 Å². The topological polar surface area (TPSA) is 78.9 Å². The first-order chi connectivity index (χ1) is 18.4. The van der Waals surface area contributed by atoms with Crippen molar-refractivity contribution in [2.24, 2.45) is 0 Å². The fourth-order valence-electron chi connectivity index (χ4n) is 3.92. The molecule has 0 fully saturated rings. The van der Waals surface area contributed by atoms with E-state index in [1.165, 1.54) is 12.1 Å². The highest BCUT2D eigenvalue weighted by atomic mass is 35.5. The third kappa shape index (κ3) is 7.47. The fraction of sp³-hybridized carbons (Fsp3) is 0.357. The van der Waals surface area contributed by atoms with E-state index >= 15 is 0 Å². The summed E-state index contributed by atoms with van der Waals surface area (Å²) in [5.74, 6) is 1.71. The minimum atomic E-state index is -4.56. The lowest BCUT2D eigenvalue weighted by atomic mass is 10.0. The minimum Gasteiger partial charge on any atom is -0.490 e. The number of carbonyl (C=O) groups excluding carboxylic acids is 1. The third-order valence-electron chi connectivity index (χ3n) is 5.79. The highest BCUT2D eigenvalue weighted by molar-refractivity contribution is 6.31. The summed E-state index contributed by atoms with van der Waals surface area (Å²) in [6.45, 7) is 6.51. The number of alkyl halides is 3. The molecule has 0 radical (unpaired) electrons. The number of aromatic nitrogens is 1. The molecule has 0 aliphatic carbocycles. The number of fused-ring (bicyclic) bond motifs is 1. The van der Waals surface area contributed by atoms with Crippen LogP contribution in [0, 0.1) is 0 Å². The summed E-state index contributed by atoms with van der Waals surface area (Å²) in [6, 6.07) is 12.8. The summed E-state index contributed by atoms with van der Waals surface area (Å²) in [5, 5.41) is 2.54. The molecule has 0 saturated heterocycles. The normalized spacial score (nSPS) is 14.6. The zero-order chi connectivity index (χ0) is 28.2. The molecule has 4 rings (SSSR count). The van der Waals surface area contributed by atoms with Gasteiger partial charge in [-0.05, 0) is 63.6 Å². The molecule has 11 heteroatoms. The predicted octanol–water partition coefficient (Wildman–Crippen LogP) is 6.61. The van der Waals surface area contributed by atoms with Crippen LogP contribution in [0.25, 0.3) is 0 Å². The number of rotatable bonds is 10. The van der Waals surface area contributed by atoms with Crippen LogP contribution in [0.3, 0.4) is 0 Å². The second-order valence-corrected chi connectivity index (χ2v) is 10.0. The maximum atomic E-state index is 12.8. The van der Waals surface area contributed by atoms with Crippen molar-refractivity contribution in [3.8, 4) is 28.9 Å². The molecule has 0 saturated carbocycles. The molecule has 1 aliphatic rings. The quantitative estimate of drug-likeness (QED) is 0.279. The zero-order valence-corrected chi connectivity index (χ0v) is 22.4. The van der Waals surface area contributed by atoms with Crippen molar-refractivity contribution in [3.63, 3.8) is 0 Å². The van der Waals surface area contributed by atoms with Crippen molar-refractivity contribution < 1.29 is 36.9 Å². The molecular weight excluding hydrogens is 537 g/mol. The lowest BCUT2D eigenvalue weighted by Gasteiger charge is -2.18. The molecule has 1 aliphatic heterocycles. The molecular formula is C28H28ClF3N2O5. The van der Waals surface area contributed by atoms with Gasteiger partial charge in [0.2, 0.25) is 5.88 Å². The van der Waals surface area contributed by atoms with Crippen LogP contribution in [-0.2, 0) is 17.4 Å². The van der Waals surface area contributed by atoms with Crippen molar-refractivity contribution in [2.75, 3.05) is 13.2 Å². The second-order valence-electron chi connectivity index (χ2n) is 9.62. The molecule has 0 spiro atoms. The maximum Gasteiger partial charge on any atom is 0.417 e. The van der Waals surface area contributed by atoms with E-state index in [0.29, 0.717) is 37.3 Å². The number of para-hydroxylation sites is 1. The first kappa shape index (κ1) is 28.4. The van der Waals surface area contributed by atoms with E-state index in [1.807, 2.05) is 32.0 Å². The number of pyridine rings is 1. The molecule has 1 atom stereocenters. The standard InChI is InChI=1S/C28H28ClF3N2O5/c1-17(25(35)33-12-5-13-36-23-7-4-6-18-15-27(2,3)39-24(18)23)37-20-8-10-21(11-9-20)38-26-22(29)14-19(16-34-26)28(30,31)32/h4,6-11,14,16-17H,5,12-13,15H2,1-3H3,(H,33,35). The van der Waals surface area contributed by atoms with Crippen LogP contribution in [0.2, 0.25) is 5.02 Å². The second kappa shape index (κ2) is 11.6. The molecule has 3 aromatic rings. The average molecular weight is 565 g/mol. The number of amides is 1. The number of ether oxygens (including phenoxy) is 4. The summed E-state index contributed by atoms with van der Waals surface area (Å²) in [5.41, 5.74) is -0.103. The van der Waals surface area contributed by atoms with Crippen molar-refractivity contribution in [1.82, 2.24) is 10.3 Å². The number of nitrogens with one attached hydrogen (secondary N) is 1. The Morgan fingerprint density at radius 1 is 1.18 bits per heavy atom. The van der Waals surface area contributed by atoms with E-state index in [1.54, 1.807) is 19.1 Å². The Labute approximate surface area is 229 Å². The van der Waals surface area contributed by atoms with E-state index in [9.17, 15) is 18.0 Å². The van der Waals surface area contributed by atoms with E-state index in [0.717, 1.165) is 23.8 Å². The SMILES string of the molecule is CC(Oc1ccc(Oc2ncc(C(F)(F)F)cc2Cl)cc1)C(=O)NCCCOc1cccc2c1OC(C)(C)C2. The Morgan fingerprint density at radius 2 is 1.90 bits per heavy atom. The van der Waals surface area contributed by atoms with E-state index in [-0.39, 0.29) is 28.2 Å². The Balaban J connectivity index is 1.20. The van der Waals surface area contributed by atoms with Crippen LogP contribution in [-0.4, -0.2) is 35.7 Å². The molecule has 39 heavy (non-hydrogen) atoms. The molecule has 1 N–H and O–H groups in total. The van der Waals surface area contributed by atoms with Crippen molar-refractivity contribution >= 4 is 17.5 Å². The van der Waals surface area contributed by atoms with Crippen LogP contribution in [0.4, 0.5) is 13.2 Å². The summed E-state index contributed by atoms with van der Waals surface area (Å²) in [7, 11) is 0. The molecule has 2 aromatic carbocycles. The van der Waals surface area contributed by atoms with Crippen molar-refractivity contribution in [2.45, 2.75) is 51.5 Å². The van der Waals surface area contributed by atoms with E-state index in [2.05, 4.69) is 10.3 Å². The van der Waals surface area contributed by atoms with Gasteiger partial charge in [-0.1, -0.05) is 23.7 Å². The molecule has 1 amide bonds. The Bertz CT molecular complexity index is 1320. The number of halogens is 4. The first-order valence-electron chi connectivity index (χ1n) is 12.3. The van der Waals surface area contributed by atoms with Crippen molar-refractivity contribution in [1.29, 1.82) is 0 Å². The Hall–Kier alpha value is -3.66. The van der Waals surface area contributed by atoms with Gasteiger partial charge in [0.1, 0.15) is 22.1 Å². The molecule has 0 bridgehead atoms. The van der Waals surface area contributed by atoms with Gasteiger partial charge in [-0.15, -0.1) is 0 Å². The average Bonchev–Trinajstić information content (AvgIpc) is 3.20.